The minimum atomic E-state index is -0.793. The van der Waals surface area contributed by atoms with E-state index in [-0.39, 0.29) is 17.2 Å². The molecule has 1 aliphatic carbocycles. The van der Waals surface area contributed by atoms with E-state index in [1.807, 2.05) is 19.9 Å². The molecule has 3 heteroatoms. The number of aliphatic carboxylic acids is 1. The summed E-state index contributed by atoms with van der Waals surface area (Å²) in [6, 6.07) is 4.88. The second kappa shape index (κ2) is 3.30. The number of carboxylic acid groups (broad SMARTS) is 1. The average Bonchev–Trinajstić information content (AvgIpc) is 2.74. The summed E-state index contributed by atoms with van der Waals surface area (Å²) in [7, 11) is 0. The van der Waals surface area contributed by atoms with E-state index < -0.39 is 11.9 Å². The van der Waals surface area contributed by atoms with Gasteiger partial charge >= 0.3 is 5.97 Å². The highest BCUT2D eigenvalue weighted by molar-refractivity contribution is 5.77. The van der Waals surface area contributed by atoms with E-state index in [4.69, 9.17) is 5.11 Å². The lowest BCUT2D eigenvalue weighted by molar-refractivity contribution is -0.139. The van der Waals surface area contributed by atoms with Crippen LogP contribution in [0.4, 0.5) is 4.39 Å². The van der Waals surface area contributed by atoms with E-state index in [1.54, 1.807) is 13.0 Å². The van der Waals surface area contributed by atoms with Gasteiger partial charge in [-0.3, -0.25) is 4.79 Å². The highest BCUT2D eigenvalue weighted by atomic mass is 19.1. The van der Waals surface area contributed by atoms with Gasteiger partial charge < -0.3 is 5.11 Å². The lowest BCUT2D eigenvalue weighted by Gasteiger charge is -2.07. The highest BCUT2D eigenvalue weighted by Crippen LogP contribution is 2.64. The van der Waals surface area contributed by atoms with E-state index in [9.17, 15) is 9.18 Å². The molecule has 0 aromatic heterocycles. The molecule has 2 atom stereocenters. The van der Waals surface area contributed by atoms with E-state index >= 15 is 0 Å². The molecule has 86 valence electrons. The molecule has 1 aromatic carbocycles. The zero-order valence-electron chi connectivity index (χ0n) is 9.62. The summed E-state index contributed by atoms with van der Waals surface area (Å²) < 4.78 is 13.4. The van der Waals surface area contributed by atoms with Crippen molar-refractivity contribution in [3.05, 3.63) is 35.1 Å². The summed E-state index contributed by atoms with van der Waals surface area (Å²) in [5, 5.41) is 9.09. The first-order valence-corrected chi connectivity index (χ1v) is 5.35. The van der Waals surface area contributed by atoms with Gasteiger partial charge in [0.05, 0.1) is 5.92 Å². The predicted octanol–water partition coefficient (Wildman–Crippen LogP) is 2.96. The third kappa shape index (κ3) is 1.42. The fraction of sp³-hybridized carbons (Fsp3) is 0.462. The van der Waals surface area contributed by atoms with Crippen LogP contribution < -0.4 is 0 Å². The molecule has 0 radical (unpaired) electrons. The van der Waals surface area contributed by atoms with Crippen LogP contribution in [0.15, 0.2) is 18.2 Å². The van der Waals surface area contributed by atoms with Crippen LogP contribution in [-0.2, 0) is 4.79 Å². The Bertz CT molecular complexity index is 451. The number of carboxylic acids is 1. The van der Waals surface area contributed by atoms with Gasteiger partial charge in [-0.1, -0.05) is 26.0 Å². The fourth-order valence-corrected chi connectivity index (χ4v) is 2.64. The van der Waals surface area contributed by atoms with Crippen LogP contribution in [0.5, 0.6) is 0 Å². The highest BCUT2D eigenvalue weighted by Gasteiger charge is 2.63. The van der Waals surface area contributed by atoms with Crippen molar-refractivity contribution >= 4 is 5.97 Å². The quantitative estimate of drug-likeness (QED) is 0.835. The Morgan fingerprint density at radius 1 is 1.44 bits per heavy atom. The predicted molar refractivity (Wildman–Crippen MR) is 58.8 cm³/mol. The number of hydrogen-bond acceptors (Lipinski definition) is 1. The number of halogens is 1. The Kier molecular flexibility index (Phi) is 2.30. The van der Waals surface area contributed by atoms with Crippen LogP contribution >= 0.6 is 0 Å². The Morgan fingerprint density at radius 2 is 2.06 bits per heavy atom. The third-order valence-electron chi connectivity index (χ3n) is 3.74. The van der Waals surface area contributed by atoms with Crippen molar-refractivity contribution in [3.8, 4) is 0 Å². The summed E-state index contributed by atoms with van der Waals surface area (Å²) in [5.41, 5.74) is 1.13. The Labute approximate surface area is 94.1 Å². The van der Waals surface area contributed by atoms with Crippen molar-refractivity contribution in [2.75, 3.05) is 0 Å². The van der Waals surface area contributed by atoms with Crippen molar-refractivity contribution in [2.45, 2.75) is 26.7 Å². The van der Waals surface area contributed by atoms with Crippen molar-refractivity contribution in [3.63, 3.8) is 0 Å². The van der Waals surface area contributed by atoms with E-state index in [2.05, 4.69) is 0 Å². The molecule has 16 heavy (non-hydrogen) atoms. The number of carbonyl (C=O) groups is 1. The van der Waals surface area contributed by atoms with Crippen LogP contribution in [0.25, 0.3) is 0 Å². The van der Waals surface area contributed by atoms with Crippen molar-refractivity contribution in [1.82, 2.24) is 0 Å². The van der Waals surface area contributed by atoms with Gasteiger partial charge in [-0.25, -0.2) is 4.39 Å². The van der Waals surface area contributed by atoms with Gasteiger partial charge in [0.15, 0.2) is 0 Å². The summed E-state index contributed by atoms with van der Waals surface area (Å²) in [6.45, 7) is 5.54. The molecule has 0 amide bonds. The number of benzene rings is 1. The second-order valence-electron chi connectivity index (χ2n) is 5.07. The first-order chi connectivity index (χ1) is 7.37. The molecular weight excluding hydrogens is 207 g/mol. The summed E-state index contributed by atoms with van der Waals surface area (Å²) in [4.78, 5) is 11.1. The normalized spacial score (nSPS) is 26.5. The minimum Gasteiger partial charge on any atom is -0.481 e. The molecule has 0 saturated heterocycles. The minimum absolute atomic E-state index is 0.0688. The molecule has 0 spiro atoms. The van der Waals surface area contributed by atoms with E-state index in [1.165, 1.54) is 6.07 Å². The molecule has 1 N–H and O–H groups in total. The molecule has 1 saturated carbocycles. The molecule has 1 fully saturated rings. The summed E-state index contributed by atoms with van der Waals surface area (Å²) in [5.74, 6) is -1.52. The maximum Gasteiger partial charge on any atom is 0.307 e. The van der Waals surface area contributed by atoms with Crippen molar-refractivity contribution in [2.24, 2.45) is 11.3 Å². The van der Waals surface area contributed by atoms with Gasteiger partial charge in [0.2, 0.25) is 0 Å². The Balaban J connectivity index is 2.41. The third-order valence-corrected chi connectivity index (χ3v) is 3.74. The van der Waals surface area contributed by atoms with Crippen LogP contribution in [0.2, 0.25) is 0 Å². The zero-order valence-corrected chi connectivity index (χ0v) is 9.62. The van der Waals surface area contributed by atoms with Gasteiger partial charge in [-0.2, -0.15) is 0 Å². The lowest BCUT2D eigenvalue weighted by Crippen LogP contribution is -2.03. The molecule has 1 aliphatic rings. The Hall–Kier alpha value is -1.38. The lowest BCUT2D eigenvalue weighted by atomic mass is 9.98. The maximum absolute atomic E-state index is 13.4. The first kappa shape index (κ1) is 11.1. The van der Waals surface area contributed by atoms with Gasteiger partial charge in [0.1, 0.15) is 5.82 Å². The maximum atomic E-state index is 13.4. The standard InChI is InChI=1S/C13H15FO2/c1-7-8(5-4-6-9(7)14)10-11(12(15)16)13(10,2)3/h4-6,10-11H,1-3H3,(H,15,16)/t10-,11+/m0/s1. The molecule has 1 aromatic rings. The van der Waals surface area contributed by atoms with Crippen LogP contribution in [-0.4, -0.2) is 11.1 Å². The van der Waals surface area contributed by atoms with E-state index in [0.717, 1.165) is 5.56 Å². The first-order valence-electron chi connectivity index (χ1n) is 5.35. The summed E-state index contributed by atoms with van der Waals surface area (Å²) >= 11 is 0. The van der Waals surface area contributed by atoms with Crippen LogP contribution in [0.1, 0.15) is 30.9 Å². The largest absolute Gasteiger partial charge is 0.481 e. The van der Waals surface area contributed by atoms with Gasteiger partial charge in [0.25, 0.3) is 0 Å². The molecule has 0 unspecified atom stereocenters. The zero-order chi connectivity index (χ0) is 12.1. The molecule has 2 rings (SSSR count). The topological polar surface area (TPSA) is 37.3 Å². The SMILES string of the molecule is Cc1c(F)cccc1[C@H]1[C@H](C(=O)O)C1(C)C. The van der Waals surface area contributed by atoms with Gasteiger partial charge in [-0.05, 0) is 29.5 Å². The van der Waals surface area contributed by atoms with Gasteiger partial charge in [0, 0.05) is 5.92 Å². The average molecular weight is 222 g/mol. The molecule has 2 nitrogen and oxygen atoms in total. The van der Waals surface area contributed by atoms with Crippen molar-refractivity contribution < 1.29 is 14.3 Å². The fourth-order valence-electron chi connectivity index (χ4n) is 2.64. The molecule has 0 heterocycles. The Morgan fingerprint density at radius 3 is 2.56 bits per heavy atom. The van der Waals surface area contributed by atoms with Crippen LogP contribution in [0, 0.1) is 24.1 Å². The van der Waals surface area contributed by atoms with E-state index in [0.29, 0.717) is 5.56 Å². The van der Waals surface area contributed by atoms with Gasteiger partial charge in [-0.15, -0.1) is 0 Å². The smallest absolute Gasteiger partial charge is 0.307 e. The number of hydrogen-bond donors (Lipinski definition) is 1. The van der Waals surface area contributed by atoms with Crippen LogP contribution in [0.3, 0.4) is 0 Å². The second-order valence-corrected chi connectivity index (χ2v) is 5.07. The monoisotopic (exact) mass is 222 g/mol. The number of rotatable bonds is 2. The molecule has 0 bridgehead atoms. The molecule has 0 aliphatic heterocycles. The molecular formula is C13H15FO2. The van der Waals surface area contributed by atoms with Crippen molar-refractivity contribution in [1.29, 1.82) is 0 Å². The summed E-state index contributed by atoms with van der Waals surface area (Å²) in [6.07, 6.45) is 0.